The number of ether oxygens (including phenoxy) is 2. The van der Waals surface area contributed by atoms with Crippen LogP contribution in [0.5, 0.6) is 11.5 Å². The van der Waals surface area contributed by atoms with Gasteiger partial charge in [-0.25, -0.2) is 9.99 Å². The fourth-order valence-electron chi connectivity index (χ4n) is 4.32. The molecule has 1 amide bonds. The molecule has 0 aliphatic carbocycles. The van der Waals surface area contributed by atoms with E-state index in [0.29, 0.717) is 34.6 Å². The van der Waals surface area contributed by atoms with Crippen LogP contribution in [0.25, 0.3) is 10.9 Å². The lowest BCUT2D eigenvalue weighted by atomic mass is 10.0. The molecule has 4 aromatic rings. The molecule has 0 N–H and O–H groups in total. The van der Waals surface area contributed by atoms with Crippen LogP contribution >= 0.6 is 11.3 Å². The summed E-state index contributed by atoms with van der Waals surface area (Å²) in [6.45, 7) is 1.57. The summed E-state index contributed by atoms with van der Waals surface area (Å²) in [5.74, 6) is 1.37. The minimum Gasteiger partial charge on any atom is -0.493 e. The van der Waals surface area contributed by atoms with Gasteiger partial charge in [0.25, 0.3) is 11.5 Å². The molecule has 0 radical (unpaired) electrons. The Morgan fingerprint density at radius 2 is 1.89 bits per heavy atom. The van der Waals surface area contributed by atoms with E-state index in [2.05, 4.69) is 4.98 Å². The van der Waals surface area contributed by atoms with Gasteiger partial charge in [0.1, 0.15) is 12.4 Å². The van der Waals surface area contributed by atoms with Gasteiger partial charge in [-0.15, -0.1) is 11.3 Å². The van der Waals surface area contributed by atoms with Crippen LogP contribution in [0.4, 0.5) is 0 Å². The fraction of sp³-hybridized carbons (Fsp3) is 0.231. The number of hydrogen-bond acceptors (Lipinski definition) is 7. The Bertz CT molecular complexity index is 1490. The summed E-state index contributed by atoms with van der Waals surface area (Å²) in [6.07, 6.45) is 0.547. The summed E-state index contributed by atoms with van der Waals surface area (Å²) >= 11 is 1.58. The second kappa shape index (κ2) is 9.34. The first-order valence-corrected chi connectivity index (χ1v) is 12.0. The van der Waals surface area contributed by atoms with Crippen molar-refractivity contribution in [2.45, 2.75) is 25.9 Å². The smallest absolute Gasteiger partial charge is 0.263 e. The van der Waals surface area contributed by atoms with Gasteiger partial charge in [-0.1, -0.05) is 24.3 Å². The molecule has 8 nitrogen and oxygen atoms in total. The highest BCUT2D eigenvalue weighted by molar-refractivity contribution is 7.12. The van der Waals surface area contributed by atoms with Crippen molar-refractivity contribution in [1.29, 1.82) is 0 Å². The zero-order valence-electron chi connectivity index (χ0n) is 19.6. The highest BCUT2D eigenvalue weighted by atomic mass is 32.1. The molecule has 1 aliphatic heterocycles. The average molecular weight is 489 g/mol. The predicted octanol–water partition coefficient (Wildman–Crippen LogP) is 4.16. The van der Waals surface area contributed by atoms with Crippen molar-refractivity contribution in [3.63, 3.8) is 0 Å². The highest BCUT2D eigenvalue weighted by Gasteiger charge is 2.34. The van der Waals surface area contributed by atoms with E-state index >= 15 is 0 Å². The summed E-state index contributed by atoms with van der Waals surface area (Å²) in [5, 5.41) is 8.65. The first-order valence-electron chi connectivity index (χ1n) is 11.1. The molecule has 1 aliphatic rings. The lowest BCUT2D eigenvalue weighted by Crippen LogP contribution is -2.35. The molecule has 0 bridgehead atoms. The number of hydrogen-bond donors (Lipinski definition) is 0. The number of carbonyl (C=O) groups excluding carboxylic acids is 1. The Hall–Kier alpha value is -3.98. The van der Waals surface area contributed by atoms with E-state index in [4.69, 9.17) is 14.6 Å². The Morgan fingerprint density at radius 1 is 1.09 bits per heavy atom. The molecular formula is C26H24N4O4S. The molecule has 0 unspecified atom stereocenters. The van der Waals surface area contributed by atoms with Crippen molar-refractivity contribution in [3.05, 3.63) is 86.6 Å². The summed E-state index contributed by atoms with van der Waals surface area (Å²) in [4.78, 5) is 32.3. The maximum atomic E-state index is 13.6. The zero-order chi connectivity index (χ0) is 24.5. The minimum absolute atomic E-state index is 0.159. The van der Waals surface area contributed by atoms with Crippen molar-refractivity contribution >= 4 is 33.9 Å². The van der Waals surface area contributed by atoms with Gasteiger partial charge in [-0.05, 0) is 48.2 Å². The largest absolute Gasteiger partial charge is 0.493 e. The van der Waals surface area contributed by atoms with Gasteiger partial charge in [0.05, 0.1) is 41.8 Å². The van der Waals surface area contributed by atoms with E-state index in [-0.39, 0.29) is 24.1 Å². The highest BCUT2D eigenvalue weighted by Crippen LogP contribution is 2.38. The van der Waals surface area contributed by atoms with E-state index in [9.17, 15) is 9.59 Å². The van der Waals surface area contributed by atoms with E-state index in [1.54, 1.807) is 50.7 Å². The predicted molar refractivity (Wildman–Crippen MR) is 135 cm³/mol. The number of hydrazone groups is 1. The summed E-state index contributed by atoms with van der Waals surface area (Å²) in [7, 11) is 3.16. The molecule has 2 aromatic carbocycles. The van der Waals surface area contributed by atoms with Crippen LogP contribution in [0.3, 0.4) is 0 Å². The number of rotatable bonds is 6. The van der Waals surface area contributed by atoms with Crippen molar-refractivity contribution in [3.8, 4) is 11.5 Å². The van der Waals surface area contributed by atoms with Gasteiger partial charge < -0.3 is 9.47 Å². The molecule has 0 spiro atoms. The number of thiophene rings is 1. The van der Waals surface area contributed by atoms with Crippen LogP contribution in [0, 0.1) is 6.92 Å². The number of carbonyl (C=O) groups is 1. The average Bonchev–Trinajstić information content (AvgIpc) is 3.56. The van der Waals surface area contributed by atoms with Crippen LogP contribution in [-0.2, 0) is 11.3 Å². The molecule has 35 heavy (non-hydrogen) atoms. The van der Waals surface area contributed by atoms with E-state index in [1.807, 2.05) is 41.8 Å². The quantitative estimate of drug-likeness (QED) is 0.407. The fourth-order valence-corrected chi connectivity index (χ4v) is 5.05. The Morgan fingerprint density at radius 3 is 2.63 bits per heavy atom. The second-order valence-corrected chi connectivity index (χ2v) is 9.11. The topological polar surface area (TPSA) is 86.0 Å². The van der Waals surface area contributed by atoms with Crippen molar-refractivity contribution in [1.82, 2.24) is 14.6 Å². The van der Waals surface area contributed by atoms with Gasteiger partial charge in [0.2, 0.25) is 0 Å². The second-order valence-electron chi connectivity index (χ2n) is 8.16. The molecule has 178 valence electrons. The van der Waals surface area contributed by atoms with Crippen LogP contribution in [0.15, 0.2) is 69.9 Å². The molecule has 3 heterocycles. The normalized spacial score (nSPS) is 15.3. The van der Waals surface area contributed by atoms with Crippen molar-refractivity contribution < 1.29 is 14.3 Å². The number of amides is 1. The Balaban J connectivity index is 1.53. The molecule has 2 aromatic heterocycles. The van der Waals surface area contributed by atoms with Crippen LogP contribution in [0.1, 0.15) is 28.7 Å². The number of para-hydroxylation sites is 1. The minimum atomic E-state index is -0.344. The SMILES string of the molecule is COc1ccc([C@@H]2CC(c3cccs3)=NN2C(=O)Cn2c(C)nc3ccccc3c2=O)cc1OC. The molecule has 0 fully saturated rings. The lowest BCUT2D eigenvalue weighted by molar-refractivity contribution is -0.133. The van der Waals surface area contributed by atoms with Crippen LogP contribution in [-0.4, -0.2) is 40.4 Å². The molecule has 0 saturated heterocycles. The lowest BCUT2D eigenvalue weighted by Gasteiger charge is -2.23. The number of benzene rings is 2. The third-order valence-electron chi connectivity index (χ3n) is 6.11. The van der Waals surface area contributed by atoms with Gasteiger partial charge in [0, 0.05) is 6.42 Å². The third kappa shape index (κ3) is 4.19. The summed E-state index contributed by atoms with van der Waals surface area (Å²) in [5.41, 5.74) is 2.06. The van der Waals surface area contributed by atoms with Gasteiger partial charge in [-0.2, -0.15) is 5.10 Å². The first kappa shape index (κ1) is 22.8. The Labute approximate surface area is 206 Å². The van der Waals surface area contributed by atoms with Crippen LogP contribution < -0.4 is 15.0 Å². The summed E-state index contributed by atoms with van der Waals surface area (Å²) < 4.78 is 12.3. The number of aryl methyl sites for hydroxylation is 1. The molecule has 0 saturated carbocycles. The van der Waals surface area contributed by atoms with Crippen molar-refractivity contribution in [2.24, 2.45) is 5.10 Å². The number of nitrogens with zero attached hydrogens (tertiary/aromatic N) is 4. The van der Waals surface area contributed by atoms with Crippen LogP contribution in [0.2, 0.25) is 0 Å². The standard InChI is InChI=1S/C26H24N4O4S/c1-16-27-19-8-5-4-7-18(19)26(32)29(16)15-25(31)30-21(14-20(28-30)24-9-6-12-35-24)17-10-11-22(33-2)23(13-17)34-3/h4-13,21H,14-15H2,1-3H3/t21-/m0/s1. The molecule has 9 heteroatoms. The maximum Gasteiger partial charge on any atom is 0.263 e. The first-order chi connectivity index (χ1) is 17.0. The third-order valence-corrected chi connectivity index (χ3v) is 7.03. The van der Waals surface area contributed by atoms with Gasteiger partial charge >= 0.3 is 0 Å². The summed E-state index contributed by atoms with van der Waals surface area (Å²) in [6, 6.07) is 16.3. The number of methoxy groups -OCH3 is 2. The molecular weight excluding hydrogens is 464 g/mol. The van der Waals surface area contributed by atoms with Crippen molar-refractivity contribution in [2.75, 3.05) is 14.2 Å². The molecule has 1 atom stereocenters. The zero-order valence-corrected chi connectivity index (χ0v) is 20.4. The maximum absolute atomic E-state index is 13.6. The Kier molecular flexibility index (Phi) is 6.08. The van der Waals surface area contributed by atoms with Gasteiger partial charge in [-0.3, -0.25) is 14.2 Å². The van der Waals surface area contributed by atoms with E-state index < -0.39 is 0 Å². The molecule has 5 rings (SSSR count). The number of fused-ring (bicyclic) bond motifs is 1. The van der Waals surface area contributed by atoms with Gasteiger partial charge in [0.15, 0.2) is 11.5 Å². The number of aromatic nitrogens is 2. The monoisotopic (exact) mass is 488 g/mol. The van der Waals surface area contributed by atoms with E-state index in [1.165, 1.54) is 9.58 Å². The van der Waals surface area contributed by atoms with E-state index in [0.717, 1.165) is 16.2 Å².